The van der Waals surface area contributed by atoms with Crippen molar-refractivity contribution in [3.05, 3.63) is 18.3 Å². The molecule has 0 spiro atoms. The fourth-order valence-electron chi connectivity index (χ4n) is 1.08. The maximum Gasteiger partial charge on any atom is 0.237 e. The van der Waals surface area contributed by atoms with Crippen molar-refractivity contribution in [3.63, 3.8) is 0 Å². The van der Waals surface area contributed by atoms with Gasteiger partial charge in [0.25, 0.3) is 0 Å². The van der Waals surface area contributed by atoms with E-state index < -0.39 is 0 Å². The highest BCUT2D eigenvalue weighted by Crippen LogP contribution is 2.21. The Balaban J connectivity index is 2.75. The van der Waals surface area contributed by atoms with Gasteiger partial charge < -0.3 is 10.1 Å². The molecule has 0 fully saturated rings. The molecule has 0 aliphatic carbocycles. The van der Waals surface area contributed by atoms with E-state index >= 15 is 0 Å². The molecule has 78 valence electrons. The summed E-state index contributed by atoms with van der Waals surface area (Å²) in [5.74, 6) is 1.24. The smallest absolute Gasteiger partial charge is 0.237 e. The van der Waals surface area contributed by atoms with Crippen LogP contribution in [0.25, 0.3) is 0 Å². The molecule has 0 aliphatic heterocycles. The molecule has 1 heterocycles. The summed E-state index contributed by atoms with van der Waals surface area (Å²) in [5.41, 5.74) is 0.955. The van der Waals surface area contributed by atoms with E-state index in [1.807, 2.05) is 12.1 Å². The standard InChI is InChI=1S/C11H18N2O/c1-8(2)9(3)13-10-6-5-7-12-11(10)14-4/h5-9,13H,1-4H3. The van der Waals surface area contributed by atoms with Crippen LogP contribution in [-0.2, 0) is 0 Å². The summed E-state index contributed by atoms with van der Waals surface area (Å²) >= 11 is 0. The van der Waals surface area contributed by atoms with Gasteiger partial charge in [0.1, 0.15) is 0 Å². The molecule has 0 aliphatic rings. The number of anilines is 1. The summed E-state index contributed by atoms with van der Waals surface area (Å²) < 4.78 is 5.15. The van der Waals surface area contributed by atoms with Gasteiger partial charge in [-0.25, -0.2) is 4.98 Å². The van der Waals surface area contributed by atoms with Crippen molar-refractivity contribution in [1.82, 2.24) is 4.98 Å². The van der Waals surface area contributed by atoms with E-state index in [0.29, 0.717) is 17.8 Å². The van der Waals surface area contributed by atoms with Gasteiger partial charge in [0.15, 0.2) is 0 Å². The number of rotatable bonds is 4. The van der Waals surface area contributed by atoms with Gasteiger partial charge in [-0.1, -0.05) is 13.8 Å². The van der Waals surface area contributed by atoms with E-state index in [4.69, 9.17) is 4.74 Å². The van der Waals surface area contributed by atoms with Crippen LogP contribution in [0.1, 0.15) is 20.8 Å². The molecule has 0 bridgehead atoms. The largest absolute Gasteiger partial charge is 0.480 e. The number of methoxy groups -OCH3 is 1. The second kappa shape index (κ2) is 4.84. The predicted molar refractivity (Wildman–Crippen MR) is 58.7 cm³/mol. The third-order valence-electron chi connectivity index (χ3n) is 2.35. The minimum Gasteiger partial charge on any atom is -0.480 e. The lowest BCUT2D eigenvalue weighted by molar-refractivity contribution is 0.398. The molecule has 14 heavy (non-hydrogen) atoms. The van der Waals surface area contributed by atoms with Gasteiger partial charge in [-0.05, 0) is 25.0 Å². The highest BCUT2D eigenvalue weighted by molar-refractivity contribution is 5.52. The fourth-order valence-corrected chi connectivity index (χ4v) is 1.08. The molecular weight excluding hydrogens is 176 g/mol. The first-order valence-electron chi connectivity index (χ1n) is 4.90. The zero-order valence-electron chi connectivity index (χ0n) is 9.24. The number of aromatic nitrogens is 1. The maximum absolute atomic E-state index is 5.15. The van der Waals surface area contributed by atoms with Crippen LogP contribution in [0.5, 0.6) is 5.88 Å². The maximum atomic E-state index is 5.15. The normalized spacial score (nSPS) is 12.6. The van der Waals surface area contributed by atoms with Crippen molar-refractivity contribution in [2.24, 2.45) is 5.92 Å². The third kappa shape index (κ3) is 2.62. The summed E-state index contributed by atoms with van der Waals surface area (Å²) in [5, 5.41) is 3.37. The molecular formula is C11H18N2O. The summed E-state index contributed by atoms with van der Waals surface area (Å²) in [4.78, 5) is 4.12. The Kier molecular flexibility index (Phi) is 3.74. The molecule has 0 aromatic carbocycles. The molecule has 0 saturated carbocycles. The Morgan fingerprint density at radius 2 is 2.07 bits per heavy atom. The van der Waals surface area contributed by atoms with Gasteiger partial charge in [-0.15, -0.1) is 0 Å². The number of hydrogen-bond donors (Lipinski definition) is 1. The average Bonchev–Trinajstić information content (AvgIpc) is 2.18. The van der Waals surface area contributed by atoms with E-state index in [2.05, 4.69) is 31.1 Å². The Bertz CT molecular complexity index is 286. The first-order valence-corrected chi connectivity index (χ1v) is 4.90. The summed E-state index contributed by atoms with van der Waals surface area (Å²) in [6, 6.07) is 4.29. The molecule has 1 aromatic heterocycles. The zero-order valence-corrected chi connectivity index (χ0v) is 9.24. The lowest BCUT2D eigenvalue weighted by atomic mass is 10.1. The minimum atomic E-state index is 0.410. The Hall–Kier alpha value is -1.25. The highest BCUT2D eigenvalue weighted by atomic mass is 16.5. The van der Waals surface area contributed by atoms with E-state index in [1.54, 1.807) is 13.3 Å². The summed E-state index contributed by atoms with van der Waals surface area (Å²) in [6.07, 6.45) is 1.73. The van der Waals surface area contributed by atoms with Crippen LogP contribution < -0.4 is 10.1 Å². The molecule has 1 aromatic rings. The molecule has 0 amide bonds. The highest BCUT2D eigenvalue weighted by Gasteiger charge is 2.09. The first-order chi connectivity index (χ1) is 6.65. The van der Waals surface area contributed by atoms with E-state index in [9.17, 15) is 0 Å². The zero-order chi connectivity index (χ0) is 10.6. The van der Waals surface area contributed by atoms with Gasteiger partial charge in [0, 0.05) is 12.2 Å². The van der Waals surface area contributed by atoms with Crippen LogP contribution >= 0.6 is 0 Å². The SMILES string of the molecule is COc1ncccc1NC(C)C(C)C. The Labute approximate surface area is 85.5 Å². The molecule has 3 nitrogen and oxygen atoms in total. The number of hydrogen-bond acceptors (Lipinski definition) is 3. The number of nitrogens with one attached hydrogen (secondary N) is 1. The second-order valence-electron chi connectivity index (χ2n) is 3.74. The Morgan fingerprint density at radius 1 is 1.36 bits per heavy atom. The van der Waals surface area contributed by atoms with Crippen molar-refractivity contribution < 1.29 is 4.74 Å². The molecule has 1 unspecified atom stereocenters. The molecule has 0 radical (unpaired) electrons. The summed E-state index contributed by atoms with van der Waals surface area (Å²) in [7, 11) is 1.63. The lowest BCUT2D eigenvalue weighted by Crippen LogP contribution is -2.21. The Morgan fingerprint density at radius 3 is 2.64 bits per heavy atom. The first kappa shape index (κ1) is 10.8. The molecule has 1 rings (SSSR count). The molecule has 1 atom stereocenters. The van der Waals surface area contributed by atoms with Crippen LogP contribution in [0.4, 0.5) is 5.69 Å². The van der Waals surface area contributed by atoms with E-state index in [-0.39, 0.29) is 0 Å². The number of nitrogens with zero attached hydrogens (tertiary/aromatic N) is 1. The van der Waals surface area contributed by atoms with E-state index in [0.717, 1.165) is 5.69 Å². The molecule has 0 saturated heterocycles. The molecule has 3 heteroatoms. The third-order valence-corrected chi connectivity index (χ3v) is 2.35. The number of ether oxygens (including phenoxy) is 1. The predicted octanol–water partition coefficient (Wildman–Crippen LogP) is 2.55. The van der Waals surface area contributed by atoms with Gasteiger partial charge in [-0.2, -0.15) is 0 Å². The molecule has 1 N–H and O–H groups in total. The second-order valence-corrected chi connectivity index (χ2v) is 3.74. The van der Waals surface area contributed by atoms with Gasteiger partial charge in [0.2, 0.25) is 5.88 Å². The van der Waals surface area contributed by atoms with Gasteiger partial charge in [0.05, 0.1) is 12.8 Å². The number of pyridine rings is 1. The van der Waals surface area contributed by atoms with Crippen LogP contribution in [-0.4, -0.2) is 18.1 Å². The van der Waals surface area contributed by atoms with Crippen LogP contribution in [0.3, 0.4) is 0 Å². The average molecular weight is 194 g/mol. The van der Waals surface area contributed by atoms with Crippen LogP contribution in [0.15, 0.2) is 18.3 Å². The fraction of sp³-hybridized carbons (Fsp3) is 0.545. The van der Waals surface area contributed by atoms with Crippen molar-refractivity contribution >= 4 is 5.69 Å². The monoisotopic (exact) mass is 194 g/mol. The minimum absolute atomic E-state index is 0.410. The lowest BCUT2D eigenvalue weighted by Gasteiger charge is -2.19. The quantitative estimate of drug-likeness (QED) is 0.799. The van der Waals surface area contributed by atoms with Crippen molar-refractivity contribution in [2.75, 3.05) is 12.4 Å². The van der Waals surface area contributed by atoms with E-state index in [1.165, 1.54) is 0 Å². The van der Waals surface area contributed by atoms with Gasteiger partial charge >= 0.3 is 0 Å². The topological polar surface area (TPSA) is 34.1 Å². The van der Waals surface area contributed by atoms with Crippen LogP contribution in [0.2, 0.25) is 0 Å². The van der Waals surface area contributed by atoms with Crippen molar-refractivity contribution in [1.29, 1.82) is 0 Å². The van der Waals surface area contributed by atoms with Crippen molar-refractivity contribution in [3.8, 4) is 5.88 Å². The van der Waals surface area contributed by atoms with Crippen LogP contribution in [0, 0.1) is 5.92 Å². The van der Waals surface area contributed by atoms with Crippen molar-refractivity contribution in [2.45, 2.75) is 26.8 Å². The summed E-state index contributed by atoms with van der Waals surface area (Å²) in [6.45, 7) is 6.51. The van der Waals surface area contributed by atoms with Gasteiger partial charge in [-0.3, -0.25) is 0 Å².